The van der Waals surface area contributed by atoms with Crippen molar-refractivity contribution in [2.75, 3.05) is 13.1 Å². The van der Waals surface area contributed by atoms with Gasteiger partial charge in [0.1, 0.15) is 0 Å². The summed E-state index contributed by atoms with van der Waals surface area (Å²) in [5, 5.41) is 0. The third kappa shape index (κ3) is 4.38. The molecule has 0 saturated carbocycles. The molecule has 2 aromatic carbocycles. The number of nitrogens with two attached hydrogens (primary N) is 1. The molecule has 4 heteroatoms. The Hall–Kier alpha value is -2.62. The van der Waals surface area contributed by atoms with E-state index in [-0.39, 0.29) is 11.8 Å². The molecule has 0 unspecified atom stereocenters. The van der Waals surface area contributed by atoms with E-state index in [0.717, 1.165) is 36.9 Å². The molecule has 27 heavy (non-hydrogen) atoms. The standard InChI is InChI=1S/C23H28N2O2/c1-2-7-21(26)25-15-6-14-23(17-25,22(24)27)16-18-10-12-20(13-11-18)19-8-4-3-5-9-19/h3-5,8-13H,2,6-7,14-17H2,1H3,(H2,24,27)/t23-/m1/s1. The molecule has 1 heterocycles. The summed E-state index contributed by atoms with van der Waals surface area (Å²) in [4.78, 5) is 26.5. The van der Waals surface area contributed by atoms with Crippen LogP contribution in [0, 0.1) is 5.41 Å². The number of rotatable bonds is 6. The third-order valence-corrected chi connectivity index (χ3v) is 5.52. The molecular weight excluding hydrogens is 336 g/mol. The average molecular weight is 364 g/mol. The van der Waals surface area contributed by atoms with Crippen molar-refractivity contribution >= 4 is 11.8 Å². The quantitative estimate of drug-likeness (QED) is 0.847. The summed E-state index contributed by atoms with van der Waals surface area (Å²) in [6.07, 6.45) is 3.48. The maximum atomic E-state index is 12.4. The number of carbonyl (C=O) groups is 2. The van der Waals surface area contributed by atoms with Crippen molar-refractivity contribution in [2.45, 2.75) is 39.0 Å². The summed E-state index contributed by atoms with van der Waals surface area (Å²) in [6.45, 7) is 3.15. The van der Waals surface area contributed by atoms with E-state index in [9.17, 15) is 9.59 Å². The Balaban J connectivity index is 1.78. The van der Waals surface area contributed by atoms with Crippen LogP contribution in [0.1, 0.15) is 38.2 Å². The predicted octanol–water partition coefficient (Wildman–Crippen LogP) is 3.79. The van der Waals surface area contributed by atoms with Crippen molar-refractivity contribution < 1.29 is 9.59 Å². The molecule has 0 aliphatic carbocycles. The van der Waals surface area contributed by atoms with E-state index < -0.39 is 5.41 Å². The molecule has 1 atom stereocenters. The van der Waals surface area contributed by atoms with Gasteiger partial charge in [-0.2, -0.15) is 0 Å². The van der Waals surface area contributed by atoms with Crippen LogP contribution in [-0.2, 0) is 16.0 Å². The van der Waals surface area contributed by atoms with Crippen molar-refractivity contribution in [1.29, 1.82) is 0 Å². The van der Waals surface area contributed by atoms with E-state index in [1.807, 2.05) is 30.0 Å². The van der Waals surface area contributed by atoms with Crippen molar-refractivity contribution in [3.8, 4) is 11.1 Å². The lowest BCUT2D eigenvalue weighted by atomic mass is 9.74. The van der Waals surface area contributed by atoms with Gasteiger partial charge in [-0.05, 0) is 42.4 Å². The minimum absolute atomic E-state index is 0.127. The smallest absolute Gasteiger partial charge is 0.225 e. The highest BCUT2D eigenvalue weighted by molar-refractivity contribution is 5.83. The van der Waals surface area contributed by atoms with Gasteiger partial charge in [-0.3, -0.25) is 9.59 Å². The Morgan fingerprint density at radius 3 is 2.33 bits per heavy atom. The van der Waals surface area contributed by atoms with Gasteiger partial charge in [-0.1, -0.05) is 61.5 Å². The number of benzene rings is 2. The van der Waals surface area contributed by atoms with E-state index >= 15 is 0 Å². The molecule has 0 spiro atoms. The first kappa shape index (κ1) is 19.2. The molecule has 2 N–H and O–H groups in total. The van der Waals surface area contributed by atoms with Crippen LogP contribution in [-0.4, -0.2) is 29.8 Å². The first-order valence-corrected chi connectivity index (χ1v) is 9.76. The second-order valence-electron chi connectivity index (χ2n) is 7.55. The molecular formula is C23H28N2O2. The Bertz CT molecular complexity index is 786. The largest absolute Gasteiger partial charge is 0.369 e. The van der Waals surface area contributed by atoms with Gasteiger partial charge in [0.05, 0.1) is 5.41 Å². The lowest BCUT2D eigenvalue weighted by molar-refractivity contribution is -0.140. The molecule has 1 aliphatic heterocycles. The predicted molar refractivity (Wildman–Crippen MR) is 108 cm³/mol. The second-order valence-corrected chi connectivity index (χ2v) is 7.55. The van der Waals surface area contributed by atoms with Crippen LogP contribution in [0.5, 0.6) is 0 Å². The van der Waals surface area contributed by atoms with Gasteiger partial charge in [0.15, 0.2) is 0 Å². The summed E-state index contributed by atoms with van der Waals surface area (Å²) in [5.41, 5.74) is 8.56. The van der Waals surface area contributed by atoms with E-state index in [1.165, 1.54) is 5.56 Å². The van der Waals surface area contributed by atoms with Crippen LogP contribution in [0.15, 0.2) is 54.6 Å². The molecule has 3 rings (SSSR count). The minimum atomic E-state index is -0.671. The summed E-state index contributed by atoms with van der Waals surface area (Å²) >= 11 is 0. The summed E-state index contributed by atoms with van der Waals surface area (Å²) in [7, 11) is 0. The molecule has 1 saturated heterocycles. The molecule has 2 aromatic rings. The van der Waals surface area contributed by atoms with Crippen LogP contribution >= 0.6 is 0 Å². The number of primary amides is 1. The van der Waals surface area contributed by atoms with E-state index in [0.29, 0.717) is 19.4 Å². The van der Waals surface area contributed by atoms with Crippen LogP contribution in [0.2, 0.25) is 0 Å². The maximum Gasteiger partial charge on any atom is 0.225 e. The van der Waals surface area contributed by atoms with Crippen LogP contribution in [0.3, 0.4) is 0 Å². The van der Waals surface area contributed by atoms with Gasteiger partial charge in [0, 0.05) is 19.5 Å². The maximum absolute atomic E-state index is 12.4. The van der Waals surface area contributed by atoms with Crippen molar-refractivity contribution in [2.24, 2.45) is 11.1 Å². The number of hydrogen-bond acceptors (Lipinski definition) is 2. The van der Waals surface area contributed by atoms with Gasteiger partial charge in [0.2, 0.25) is 11.8 Å². The molecule has 0 bridgehead atoms. The van der Waals surface area contributed by atoms with Crippen molar-refractivity contribution in [1.82, 2.24) is 4.90 Å². The molecule has 142 valence electrons. The highest BCUT2D eigenvalue weighted by Crippen LogP contribution is 2.34. The molecule has 0 radical (unpaired) electrons. The Kier molecular flexibility index (Phi) is 5.94. The number of carbonyl (C=O) groups excluding carboxylic acids is 2. The average Bonchev–Trinajstić information content (AvgIpc) is 2.69. The Labute approximate surface area is 161 Å². The lowest BCUT2D eigenvalue weighted by Crippen LogP contribution is -2.53. The highest BCUT2D eigenvalue weighted by Gasteiger charge is 2.41. The van der Waals surface area contributed by atoms with Crippen LogP contribution < -0.4 is 5.73 Å². The minimum Gasteiger partial charge on any atom is -0.369 e. The lowest BCUT2D eigenvalue weighted by Gasteiger charge is -2.41. The Morgan fingerprint density at radius 1 is 1.04 bits per heavy atom. The fraction of sp³-hybridized carbons (Fsp3) is 0.391. The van der Waals surface area contributed by atoms with Crippen LogP contribution in [0.25, 0.3) is 11.1 Å². The van der Waals surface area contributed by atoms with Gasteiger partial charge >= 0.3 is 0 Å². The van der Waals surface area contributed by atoms with E-state index in [4.69, 9.17) is 5.73 Å². The van der Waals surface area contributed by atoms with Crippen LogP contribution in [0.4, 0.5) is 0 Å². The molecule has 1 aliphatic rings. The topological polar surface area (TPSA) is 63.4 Å². The number of amides is 2. The summed E-state index contributed by atoms with van der Waals surface area (Å²) < 4.78 is 0. The SMILES string of the molecule is CCCC(=O)N1CCC[C@](Cc2ccc(-c3ccccc3)cc2)(C(N)=O)C1. The van der Waals surface area contributed by atoms with Gasteiger partial charge in [-0.25, -0.2) is 0 Å². The monoisotopic (exact) mass is 364 g/mol. The summed E-state index contributed by atoms with van der Waals surface area (Å²) in [6, 6.07) is 18.5. The number of piperidine rings is 1. The van der Waals surface area contributed by atoms with Gasteiger partial charge < -0.3 is 10.6 Å². The van der Waals surface area contributed by atoms with Gasteiger partial charge in [0.25, 0.3) is 0 Å². The number of likely N-dealkylation sites (tertiary alicyclic amines) is 1. The first-order chi connectivity index (χ1) is 13.0. The number of hydrogen-bond donors (Lipinski definition) is 1. The van der Waals surface area contributed by atoms with E-state index in [2.05, 4.69) is 36.4 Å². The highest BCUT2D eigenvalue weighted by atomic mass is 16.2. The van der Waals surface area contributed by atoms with Gasteiger partial charge in [-0.15, -0.1) is 0 Å². The molecule has 0 aromatic heterocycles. The zero-order valence-corrected chi connectivity index (χ0v) is 16.0. The fourth-order valence-electron chi connectivity index (χ4n) is 3.99. The summed E-state index contributed by atoms with van der Waals surface area (Å²) in [5.74, 6) is -0.175. The zero-order chi connectivity index (χ0) is 19.3. The third-order valence-electron chi connectivity index (χ3n) is 5.52. The first-order valence-electron chi connectivity index (χ1n) is 9.76. The Morgan fingerprint density at radius 2 is 1.70 bits per heavy atom. The zero-order valence-electron chi connectivity index (χ0n) is 16.0. The molecule has 4 nitrogen and oxygen atoms in total. The van der Waals surface area contributed by atoms with Crippen molar-refractivity contribution in [3.05, 3.63) is 60.2 Å². The van der Waals surface area contributed by atoms with E-state index in [1.54, 1.807) is 0 Å². The number of nitrogens with zero attached hydrogens (tertiary/aromatic N) is 1. The second kappa shape index (κ2) is 8.38. The molecule has 2 amide bonds. The normalized spacial score (nSPS) is 19.7. The fourth-order valence-corrected chi connectivity index (χ4v) is 3.99. The molecule has 1 fully saturated rings. The van der Waals surface area contributed by atoms with Crippen molar-refractivity contribution in [3.63, 3.8) is 0 Å².